The number of hydrogen-bond donors (Lipinski definition) is 0. The Labute approximate surface area is 132 Å². The fourth-order valence-corrected chi connectivity index (χ4v) is 3.63. The molecule has 1 heterocycles. The van der Waals surface area contributed by atoms with Gasteiger partial charge in [0.1, 0.15) is 11.2 Å². The average Bonchev–Trinajstić information content (AvgIpc) is 3.08. The van der Waals surface area contributed by atoms with E-state index in [9.17, 15) is 9.59 Å². The first-order valence-corrected chi connectivity index (χ1v) is 7.82. The maximum absolute atomic E-state index is 12.8. The monoisotopic (exact) mass is 316 g/mol. The Morgan fingerprint density at radius 3 is 2.45 bits per heavy atom. The third kappa shape index (κ3) is 2.22. The first-order chi connectivity index (χ1) is 10.6. The number of Topliss-reactive ketones (excluding diaryl/α,β-unsaturated/α-hetero) is 1. The topological polar surface area (TPSA) is 52.6 Å². The fraction of sp³-hybridized carbons (Fsp3) is 0.294. The van der Waals surface area contributed by atoms with E-state index in [2.05, 4.69) is 0 Å². The van der Waals surface area contributed by atoms with Crippen LogP contribution in [0.15, 0.2) is 41.8 Å². The summed E-state index contributed by atoms with van der Waals surface area (Å²) < 4.78 is 10.1. The Kier molecular flexibility index (Phi) is 3.74. The minimum absolute atomic E-state index is 0.138. The highest BCUT2D eigenvalue weighted by molar-refractivity contribution is 7.12. The third-order valence-electron chi connectivity index (χ3n) is 4.18. The lowest BCUT2D eigenvalue weighted by Gasteiger charge is -2.13. The van der Waals surface area contributed by atoms with Gasteiger partial charge < -0.3 is 9.47 Å². The van der Waals surface area contributed by atoms with E-state index in [0.717, 1.165) is 11.3 Å². The number of ketones is 1. The zero-order valence-corrected chi connectivity index (χ0v) is 13.2. The Balaban J connectivity index is 1.93. The van der Waals surface area contributed by atoms with E-state index in [4.69, 9.17) is 9.47 Å². The van der Waals surface area contributed by atoms with Gasteiger partial charge in [-0.05, 0) is 35.6 Å². The van der Waals surface area contributed by atoms with Crippen molar-refractivity contribution in [2.75, 3.05) is 14.2 Å². The zero-order chi connectivity index (χ0) is 15.7. The van der Waals surface area contributed by atoms with Crippen LogP contribution in [0, 0.1) is 5.41 Å². The molecule has 3 rings (SSSR count). The van der Waals surface area contributed by atoms with Gasteiger partial charge in [-0.25, -0.2) is 0 Å². The first-order valence-electron chi connectivity index (χ1n) is 6.94. The van der Waals surface area contributed by atoms with Gasteiger partial charge in [0.05, 0.1) is 19.1 Å². The lowest BCUT2D eigenvalue weighted by molar-refractivity contribution is -0.145. The van der Waals surface area contributed by atoms with Crippen LogP contribution in [0.4, 0.5) is 0 Å². The van der Waals surface area contributed by atoms with Crippen molar-refractivity contribution in [3.63, 3.8) is 0 Å². The maximum atomic E-state index is 12.8. The number of carbonyl (C=O) groups excluding carboxylic acids is 2. The highest BCUT2D eigenvalue weighted by atomic mass is 32.1. The summed E-state index contributed by atoms with van der Waals surface area (Å²) in [4.78, 5) is 25.7. The van der Waals surface area contributed by atoms with Gasteiger partial charge in [-0.1, -0.05) is 18.2 Å². The molecule has 1 aromatic heterocycles. The molecule has 22 heavy (non-hydrogen) atoms. The van der Waals surface area contributed by atoms with Gasteiger partial charge in [0.15, 0.2) is 5.78 Å². The van der Waals surface area contributed by atoms with Crippen LogP contribution in [-0.4, -0.2) is 26.0 Å². The van der Waals surface area contributed by atoms with E-state index in [0.29, 0.717) is 11.3 Å². The number of hydrogen-bond acceptors (Lipinski definition) is 5. The molecule has 1 saturated carbocycles. The molecule has 114 valence electrons. The quantitative estimate of drug-likeness (QED) is 0.482. The molecule has 2 aromatic rings. The molecule has 4 nitrogen and oxygen atoms in total. The van der Waals surface area contributed by atoms with Gasteiger partial charge in [-0.3, -0.25) is 9.59 Å². The summed E-state index contributed by atoms with van der Waals surface area (Å²) in [5.74, 6) is 0.0139. The summed E-state index contributed by atoms with van der Waals surface area (Å²) in [5, 5.41) is 1.84. The molecule has 0 N–H and O–H groups in total. The second kappa shape index (κ2) is 5.57. The molecule has 0 amide bonds. The number of carbonyl (C=O) groups is 2. The van der Waals surface area contributed by atoms with Gasteiger partial charge >= 0.3 is 5.97 Å². The molecule has 0 radical (unpaired) electrons. The smallest absolute Gasteiger partial charge is 0.320 e. The molecular weight excluding hydrogens is 300 g/mol. The molecule has 1 fully saturated rings. The lowest BCUT2D eigenvalue weighted by Crippen LogP contribution is -2.28. The molecule has 2 atom stereocenters. The molecule has 1 aliphatic rings. The third-order valence-corrected chi connectivity index (χ3v) is 5.05. The maximum Gasteiger partial charge on any atom is 0.320 e. The van der Waals surface area contributed by atoms with Crippen molar-refractivity contribution in [2.45, 2.75) is 12.3 Å². The van der Waals surface area contributed by atoms with Gasteiger partial charge in [-0.2, -0.15) is 0 Å². The van der Waals surface area contributed by atoms with Crippen molar-refractivity contribution < 1.29 is 19.1 Å². The first kappa shape index (κ1) is 14.8. The summed E-state index contributed by atoms with van der Waals surface area (Å²) in [6.45, 7) is 0. The zero-order valence-electron chi connectivity index (χ0n) is 12.4. The number of esters is 1. The van der Waals surface area contributed by atoms with Crippen molar-refractivity contribution in [3.05, 3.63) is 52.2 Å². The largest absolute Gasteiger partial charge is 0.497 e. The normalized spacial score (nSPS) is 22.9. The van der Waals surface area contributed by atoms with E-state index >= 15 is 0 Å². The van der Waals surface area contributed by atoms with Crippen LogP contribution >= 0.6 is 11.3 Å². The molecule has 1 aliphatic carbocycles. The minimum atomic E-state index is -1.08. The second-order valence-electron chi connectivity index (χ2n) is 5.30. The summed E-state index contributed by atoms with van der Waals surface area (Å²) in [6, 6.07) is 11.0. The SMILES string of the molecule is COC(=O)C1(C(=O)c2cccs2)CC1c1ccc(OC)cc1. The molecule has 0 bridgehead atoms. The van der Waals surface area contributed by atoms with Crippen molar-refractivity contribution in [1.82, 2.24) is 0 Å². The van der Waals surface area contributed by atoms with Crippen molar-refractivity contribution >= 4 is 23.1 Å². The second-order valence-corrected chi connectivity index (χ2v) is 6.25. The molecule has 1 aromatic carbocycles. The number of thiophene rings is 1. The molecule has 0 aliphatic heterocycles. The summed E-state index contributed by atoms with van der Waals surface area (Å²) in [6.07, 6.45) is 0.489. The number of rotatable bonds is 5. The van der Waals surface area contributed by atoms with Crippen LogP contribution in [0.25, 0.3) is 0 Å². The van der Waals surface area contributed by atoms with Gasteiger partial charge in [0.25, 0.3) is 0 Å². The molecule has 0 spiro atoms. The van der Waals surface area contributed by atoms with Gasteiger partial charge in [0, 0.05) is 5.92 Å². The Bertz CT molecular complexity index is 690. The molecule has 2 unspecified atom stereocenters. The molecule has 0 saturated heterocycles. The Hall–Kier alpha value is -2.14. The lowest BCUT2D eigenvalue weighted by atomic mass is 9.93. The van der Waals surface area contributed by atoms with E-state index < -0.39 is 11.4 Å². The molecule has 5 heteroatoms. The summed E-state index contributed by atoms with van der Waals surface area (Å²) in [5.41, 5.74) is -0.120. The predicted octanol–water partition coefficient (Wildman–Crippen LogP) is 3.29. The Morgan fingerprint density at radius 1 is 1.18 bits per heavy atom. The molecular formula is C17H16O4S. The minimum Gasteiger partial charge on any atom is -0.497 e. The summed E-state index contributed by atoms with van der Waals surface area (Å²) in [7, 11) is 2.93. The number of methoxy groups -OCH3 is 2. The predicted molar refractivity (Wildman–Crippen MR) is 83.5 cm³/mol. The van der Waals surface area contributed by atoms with E-state index in [1.165, 1.54) is 18.4 Å². The van der Waals surface area contributed by atoms with Crippen LogP contribution in [0.3, 0.4) is 0 Å². The van der Waals surface area contributed by atoms with Gasteiger partial charge in [-0.15, -0.1) is 11.3 Å². The van der Waals surface area contributed by atoms with Crippen molar-refractivity contribution in [3.8, 4) is 5.75 Å². The summed E-state index contributed by atoms with van der Waals surface area (Å²) >= 11 is 1.35. The van der Waals surface area contributed by atoms with Crippen LogP contribution in [-0.2, 0) is 9.53 Å². The van der Waals surface area contributed by atoms with Crippen LogP contribution in [0.2, 0.25) is 0 Å². The van der Waals surface area contributed by atoms with Crippen LogP contribution < -0.4 is 4.74 Å². The van der Waals surface area contributed by atoms with Crippen molar-refractivity contribution in [1.29, 1.82) is 0 Å². The standard InChI is InChI=1S/C17H16O4S/c1-20-12-7-5-11(6-8-12)13-10-17(13,16(19)21-2)15(18)14-4-3-9-22-14/h3-9,13H,10H2,1-2H3. The van der Waals surface area contributed by atoms with E-state index in [-0.39, 0.29) is 11.7 Å². The highest BCUT2D eigenvalue weighted by Gasteiger charge is 2.67. The highest BCUT2D eigenvalue weighted by Crippen LogP contribution is 2.62. The number of ether oxygens (including phenoxy) is 2. The fourth-order valence-electron chi connectivity index (χ4n) is 2.88. The van der Waals surface area contributed by atoms with E-state index in [1.807, 2.05) is 35.7 Å². The van der Waals surface area contributed by atoms with Crippen molar-refractivity contribution in [2.24, 2.45) is 5.41 Å². The average molecular weight is 316 g/mol. The van der Waals surface area contributed by atoms with Gasteiger partial charge in [0.2, 0.25) is 0 Å². The van der Waals surface area contributed by atoms with E-state index in [1.54, 1.807) is 13.2 Å². The number of benzene rings is 1. The Morgan fingerprint density at radius 2 is 1.91 bits per heavy atom. The van der Waals surface area contributed by atoms with Crippen LogP contribution in [0.1, 0.15) is 27.6 Å². The van der Waals surface area contributed by atoms with Crippen LogP contribution in [0.5, 0.6) is 5.75 Å².